The summed E-state index contributed by atoms with van der Waals surface area (Å²) in [5, 5.41) is 22.9. The maximum absolute atomic E-state index is 11.0. The minimum absolute atomic E-state index is 0.0536. The van der Waals surface area contributed by atoms with Crippen LogP contribution in [0.3, 0.4) is 0 Å². The van der Waals surface area contributed by atoms with E-state index in [0.29, 0.717) is 21.4 Å². The van der Waals surface area contributed by atoms with Gasteiger partial charge in [0.25, 0.3) is 5.69 Å². The smallest absolute Gasteiger partial charge is 0.293 e. The molecule has 0 saturated carbocycles. The first kappa shape index (κ1) is 13.1. The van der Waals surface area contributed by atoms with Crippen LogP contribution in [0, 0.1) is 21.4 Å². The summed E-state index contributed by atoms with van der Waals surface area (Å²) in [6.07, 6.45) is 0. The molecule has 5 nitrogen and oxygen atoms in total. The van der Waals surface area contributed by atoms with E-state index in [-0.39, 0.29) is 5.69 Å². The van der Waals surface area contributed by atoms with Crippen LogP contribution in [0.5, 0.6) is 0 Å². The van der Waals surface area contributed by atoms with Gasteiger partial charge in [-0.05, 0) is 24.3 Å². The Morgan fingerprint density at radius 3 is 2.63 bits per heavy atom. The summed E-state index contributed by atoms with van der Waals surface area (Å²) >= 11 is 3.19. The molecule has 0 bridgehead atoms. The molecule has 0 aliphatic rings. The number of nitriles is 1. The van der Waals surface area contributed by atoms with Gasteiger partial charge in [0.05, 0.1) is 16.2 Å². The lowest BCUT2D eigenvalue weighted by Crippen LogP contribution is -1.98. The molecule has 94 valence electrons. The highest BCUT2D eigenvalue weighted by Gasteiger charge is 2.15. The van der Waals surface area contributed by atoms with Crippen LogP contribution in [0.1, 0.15) is 5.56 Å². The van der Waals surface area contributed by atoms with E-state index < -0.39 is 4.92 Å². The third-order valence-corrected chi connectivity index (χ3v) is 2.97. The van der Waals surface area contributed by atoms with Crippen molar-refractivity contribution in [2.45, 2.75) is 0 Å². The van der Waals surface area contributed by atoms with Crippen molar-refractivity contribution < 1.29 is 4.92 Å². The van der Waals surface area contributed by atoms with E-state index in [2.05, 4.69) is 21.2 Å². The molecular formula is C13H8BrN3O2. The largest absolute Gasteiger partial charge is 0.349 e. The fourth-order valence-electron chi connectivity index (χ4n) is 1.60. The number of nitrogens with zero attached hydrogens (tertiary/aromatic N) is 2. The number of nitro benzene ring substituents is 1. The van der Waals surface area contributed by atoms with Gasteiger partial charge >= 0.3 is 0 Å². The molecule has 0 unspecified atom stereocenters. The van der Waals surface area contributed by atoms with Crippen molar-refractivity contribution in [1.82, 2.24) is 0 Å². The molecule has 2 aromatic rings. The van der Waals surface area contributed by atoms with Gasteiger partial charge in [0.1, 0.15) is 11.8 Å². The van der Waals surface area contributed by atoms with Gasteiger partial charge in [0.15, 0.2) is 0 Å². The molecule has 0 spiro atoms. The predicted molar refractivity (Wildman–Crippen MR) is 75.2 cm³/mol. The first-order valence-electron chi connectivity index (χ1n) is 5.32. The van der Waals surface area contributed by atoms with Crippen molar-refractivity contribution >= 4 is 33.0 Å². The highest BCUT2D eigenvalue weighted by molar-refractivity contribution is 9.10. The number of hydrogen-bond donors (Lipinski definition) is 1. The second-order valence-corrected chi connectivity index (χ2v) is 4.62. The maximum Gasteiger partial charge on any atom is 0.293 e. The monoisotopic (exact) mass is 317 g/mol. The van der Waals surface area contributed by atoms with E-state index in [1.54, 1.807) is 36.4 Å². The summed E-state index contributed by atoms with van der Waals surface area (Å²) in [5.41, 5.74) is 1.26. The highest BCUT2D eigenvalue weighted by Crippen LogP contribution is 2.31. The SMILES string of the molecule is N#Cc1ccccc1Nc1ccc(Br)cc1[N+](=O)[O-]. The zero-order valence-corrected chi connectivity index (χ0v) is 11.2. The van der Waals surface area contributed by atoms with E-state index in [1.807, 2.05) is 6.07 Å². The Hall–Kier alpha value is -2.39. The number of benzene rings is 2. The van der Waals surface area contributed by atoms with E-state index in [4.69, 9.17) is 5.26 Å². The van der Waals surface area contributed by atoms with Gasteiger partial charge in [0, 0.05) is 10.5 Å². The molecule has 1 N–H and O–H groups in total. The summed E-state index contributed by atoms with van der Waals surface area (Å²) < 4.78 is 0.623. The lowest BCUT2D eigenvalue weighted by atomic mass is 10.2. The second-order valence-electron chi connectivity index (χ2n) is 3.70. The van der Waals surface area contributed by atoms with E-state index in [0.717, 1.165) is 0 Å². The van der Waals surface area contributed by atoms with E-state index in [1.165, 1.54) is 6.07 Å². The molecule has 0 atom stereocenters. The molecule has 6 heteroatoms. The molecule has 0 amide bonds. The molecule has 2 aromatic carbocycles. The van der Waals surface area contributed by atoms with Crippen LogP contribution in [0.15, 0.2) is 46.9 Å². The lowest BCUT2D eigenvalue weighted by Gasteiger charge is -2.08. The Bertz CT molecular complexity index is 680. The van der Waals surface area contributed by atoms with Crippen LogP contribution in [0.25, 0.3) is 0 Å². The number of nitro groups is 1. The van der Waals surface area contributed by atoms with Crippen molar-refractivity contribution in [3.63, 3.8) is 0 Å². The topological polar surface area (TPSA) is 79.0 Å². The van der Waals surface area contributed by atoms with Gasteiger partial charge in [0.2, 0.25) is 0 Å². The number of para-hydroxylation sites is 1. The highest BCUT2D eigenvalue weighted by atomic mass is 79.9. The average molecular weight is 318 g/mol. The first-order chi connectivity index (χ1) is 9.11. The first-order valence-corrected chi connectivity index (χ1v) is 6.11. The van der Waals surface area contributed by atoms with Gasteiger partial charge in [-0.1, -0.05) is 28.1 Å². The number of anilines is 2. The number of rotatable bonds is 3. The third kappa shape index (κ3) is 2.89. The van der Waals surface area contributed by atoms with Crippen LogP contribution in [0.4, 0.5) is 17.1 Å². The van der Waals surface area contributed by atoms with Gasteiger partial charge in [-0.3, -0.25) is 10.1 Å². The van der Waals surface area contributed by atoms with Crippen LogP contribution < -0.4 is 5.32 Å². The summed E-state index contributed by atoms with van der Waals surface area (Å²) in [6, 6.07) is 13.6. The number of nitrogens with one attached hydrogen (secondary N) is 1. The van der Waals surface area contributed by atoms with Gasteiger partial charge in [-0.25, -0.2) is 0 Å². The minimum atomic E-state index is -0.470. The van der Waals surface area contributed by atoms with Crippen LogP contribution in [0.2, 0.25) is 0 Å². The zero-order chi connectivity index (χ0) is 13.8. The third-order valence-electron chi connectivity index (χ3n) is 2.47. The summed E-state index contributed by atoms with van der Waals surface area (Å²) in [6.45, 7) is 0. The van der Waals surface area contributed by atoms with Crippen molar-refractivity contribution in [2.24, 2.45) is 0 Å². The van der Waals surface area contributed by atoms with E-state index in [9.17, 15) is 10.1 Å². The molecule has 0 radical (unpaired) electrons. The van der Waals surface area contributed by atoms with Crippen molar-refractivity contribution in [2.75, 3.05) is 5.32 Å². The molecule has 0 heterocycles. The fourth-order valence-corrected chi connectivity index (χ4v) is 1.95. The molecule has 0 saturated heterocycles. The quantitative estimate of drug-likeness (QED) is 0.686. The molecular weight excluding hydrogens is 310 g/mol. The Morgan fingerprint density at radius 2 is 1.95 bits per heavy atom. The van der Waals surface area contributed by atoms with E-state index >= 15 is 0 Å². The molecule has 19 heavy (non-hydrogen) atoms. The van der Waals surface area contributed by atoms with Gasteiger partial charge in [-0.2, -0.15) is 5.26 Å². The molecule has 0 aliphatic heterocycles. The number of hydrogen-bond acceptors (Lipinski definition) is 4. The van der Waals surface area contributed by atoms with Crippen LogP contribution in [-0.4, -0.2) is 4.92 Å². The standard InChI is InChI=1S/C13H8BrN3O2/c14-10-5-6-12(13(7-10)17(18)19)16-11-4-2-1-3-9(11)8-15/h1-7,16H. The average Bonchev–Trinajstić information content (AvgIpc) is 2.41. The molecule has 2 rings (SSSR count). The van der Waals surface area contributed by atoms with Crippen molar-refractivity contribution in [3.8, 4) is 6.07 Å². The zero-order valence-electron chi connectivity index (χ0n) is 9.63. The fraction of sp³-hybridized carbons (Fsp3) is 0. The Morgan fingerprint density at radius 1 is 1.21 bits per heavy atom. The maximum atomic E-state index is 11.0. The Kier molecular flexibility index (Phi) is 3.78. The normalized spacial score (nSPS) is 9.68. The van der Waals surface area contributed by atoms with Crippen molar-refractivity contribution in [1.29, 1.82) is 5.26 Å². The van der Waals surface area contributed by atoms with Crippen molar-refractivity contribution in [3.05, 3.63) is 62.6 Å². The molecule has 0 fully saturated rings. The van der Waals surface area contributed by atoms with Crippen LogP contribution >= 0.6 is 15.9 Å². The second kappa shape index (κ2) is 5.50. The molecule has 0 aromatic heterocycles. The van der Waals surface area contributed by atoms with Gasteiger partial charge in [-0.15, -0.1) is 0 Å². The Balaban J connectivity index is 2.44. The summed E-state index contributed by atoms with van der Waals surface area (Å²) in [4.78, 5) is 10.5. The lowest BCUT2D eigenvalue weighted by molar-refractivity contribution is -0.384. The predicted octanol–water partition coefficient (Wildman–Crippen LogP) is 3.97. The summed E-state index contributed by atoms with van der Waals surface area (Å²) in [7, 11) is 0. The molecule has 0 aliphatic carbocycles. The Labute approximate surface area is 117 Å². The minimum Gasteiger partial charge on any atom is -0.349 e. The van der Waals surface area contributed by atoms with Crippen LogP contribution in [-0.2, 0) is 0 Å². The van der Waals surface area contributed by atoms with Gasteiger partial charge < -0.3 is 5.32 Å². The number of halogens is 1. The summed E-state index contributed by atoms with van der Waals surface area (Å²) in [5.74, 6) is 0.